The van der Waals surface area contributed by atoms with E-state index < -0.39 is 10.8 Å². The molecule has 0 saturated heterocycles. The third-order valence-corrected chi connectivity index (χ3v) is 5.26. The zero-order chi connectivity index (χ0) is 26.9. The first-order valence-electron chi connectivity index (χ1n) is 10.9. The maximum absolute atomic E-state index is 12.5. The molecule has 1 amide bonds. The predicted octanol–water partition coefficient (Wildman–Crippen LogP) is 5.16. The van der Waals surface area contributed by atoms with E-state index in [9.17, 15) is 20.0 Å². The Balaban J connectivity index is 1.84. The first kappa shape index (κ1) is 26.6. The van der Waals surface area contributed by atoms with Crippen LogP contribution < -0.4 is 24.3 Å². The van der Waals surface area contributed by atoms with Gasteiger partial charge < -0.3 is 29.4 Å². The molecule has 3 aromatic rings. The van der Waals surface area contributed by atoms with Gasteiger partial charge >= 0.3 is 0 Å². The molecule has 0 radical (unpaired) electrons. The Morgan fingerprint density at radius 2 is 1.35 bits per heavy atom. The number of anilines is 1. The van der Waals surface area contributed by atoms with Crippen LogP contribution >= 0.6 is 0 Å². The molecule has 0 aliphatic carbocycles. The highest BCUT2D eigenvalue weighted by Gasteiger charge is 2.14. The van der Waals surface area contributed by atoms with Crippen molar-refractivity contribution in [3.63, 3.8) is 0 Å². The van der Waals surface area contributed by atoms with Gasteiger partial charge in [0.25, 0.3) is 5.69 Å². The molecule has 0 aromatic heterocycles. The van der Waals surface area contributed by atoms with Crippen molar-refractivity contribution in [1.29, 1.82) is 0 Å². The molecular weight excluding hydrogens is 480 g/mol. The Morgan fingerprint density at radius 1 is 0.811 bits per heavy atom. The second-order valence-electron chi connectivity index (χ2n) is 7.58. The standard InChI is InChI=1S/C27H26N2O8/c1-34-22-14-18(5-6-19-15-23(35-2)27(37-4)24(16-19)36-3)13-21(26(22)31)28-25(30)12-9-17-7-10-20(11-8-17)29(32)33/h5-16,31H,1-4H3,(H,28,30)/b6-5+,12-9+. The summed E-state index contributed by atoms with van der Waals surface area (Å²) in [5, 5.41) is 23.9. The van der Waals surface area contributed by atoms with E-state index in [2.05, 4.69) is 5.32 Å². The number of amides is 1. The SMILES string of the molecule is COc1cc(/C=C/c2cc(OC)c(OC)c(OC)c2)cc(NC(=O)/C=C/c2ccc([N+](=O)[O-])cc2)c1O. The molecule has 3 aromatic carbocycles. The fourth-order valence-electron chi connectivity index (χ4n) is 3.42. The van der Waals surface area contributed by atoms with Crippen molar-refractivity contribution >= 4 is 35.5 Å². The molecule has 0 aliphatic heterocycles. The van der Waals surface area contributed by atoms with E-state index in [1.54, 1.807) is 36.4 Å². The van der Waals surface area contributed by atoms with Gasteiger partial charge in [-0.1, -0.05) is 12.2 Å². The molecule has 37 heavy (non-hydrogen) atoms. The summed E-state index contributed by atoms with van der Waals surface area (Å²) in [7, 11) is 5.98. The molecule has 3 rings (SSSR count). The van der Waals surface area contributed by atoms with Crippen molar-refractivity contribution in [2.24, 2.45) is 0 Å². The highest BCUT2D eigenvalue weighted by atomic mass is 16.6. The number of carbonyl (C=O) groups excluding carboxylic acids is 1. The Morgan fingerprint density at radius 3 is 1.86 bits per heavy atom. The van der Waals surface area contributed by atoms with Crippen molar-refractivity contribution in [3.8, 4) is 28.7 Å². The summed E-state index contributed by atoms with van der Waals surface area (Å²) in [6.45, 7) is 0. The van der Waals surface area contributed by atoms with E-state index in [1.807, 2.05) is 0 Å². The molecule has 0 aliphatic rings. The molecule has 0 unspecified atom stereocenters. The highest BCUT2D eigenvalue weighted by Crippen LogP contribution is 2.39. The minimum atomic E-state index is -0.513. The number of aromatic hydroxyl groups is 1. The lowest BCUT2D eigenvalue weighted by Gasteiger charge is -2.13. The highest BCUT2D eigenvalue weighted by molar-refractivity contribution is 6.03. The number of nitro benzene ring substituents is 1. The molecular formula is C27H26N2O8. The molecule has 0 atom stereocenters. The number of nitrogens with zero attached hydrogens (tertiary/aromatic N) is 1. The van der Waals surface area contributed by atoms with E-state index in [0.29, 0.717) is 28.4 Å². The van der Waals surface area contributed by atoms with Crippen LogP contribution in [0.4, 0.5) is 11.4 Å². The van der Waals surface area contributed by atoms with Gasteiger partial charge in [-0.2, -0.15) is 0 Å². The smallest absolute Gasteiger partial charge is 0.269 e. The average Bonchev–Trinajstić information content (AvgIpc) is 2.91. The van der Waals surface area contributed by atoms with Crippen LogP contribution in [0.2, 0.25) is 0 Å². The van der Waals surface area contributed by atoms with Gasteiger partial charge in [-0.25, -0.2) is 0 Å². The maximum atomic E-state index is 12.5. The van der Waals surface area contributed by atoms with Crippen molar-refractivity contribution < 1.29 is 33.8 Å². The number of rotatable bonds is 10. The molecule has 2 N–H and O–H groups in total. The van der Waals surface area contributed by atoms with Crippen LogP contribution in [-0.2, 0) is 4.79 Å². The second kappa shape index (κ2) is 12.1. The zero-order valence-corrected chi connectivity index (χ0v) is 20.7. The summed E-state index contributed by atoms with van der Waals surface area (Å²) in [6.07, 6.45) is 6.33. The van der Waals surface area contributed by atoms with Gasteiger partial charge in [0.05, 0.1) is 39.0 Å². The molecule has 0 spiro atoms. The summed E-state index contributed by atoms with van der Waals surface area (Å²) in [4.78, 5) is 22.8. The molecule has 10 nitrogen and oxygen atoms in total. The third kappa shape index (κ3) is 6.57. The van der Waals surface area contributed by atoms with E-state index >= 15 is 0 Å². The summed E-state index contributed by atoms with van der Waals surface area (Å²) in [5.74, 6) is 0.892. The van der Waals surface area contributed by atoms with Gasteiger partial charge in [0.15, 0.2) is 23.0 Å². The monoisotopic (exact) mass is 506 g/mol. The first-order chi connectivity index (χ1) is 17.8. The van der Waals surface area contributed by atoms with E-state index in [-0.39, 0.29) is 22.9 Å². The number of phenols is 1. The number of carbonyl (C=O) groups is 1. The number of methoxy groups -OCH3 is 4. The quantitative estimate of drug-likeness (QED) is 0.127. The molecule has 0 heterocycles. The fraction of sp³-hybridized carbons (Fsp3) is 0.148. The van der Waals surface area contributed by atoms with Gasteiger partial charge in [0.2, 0.25) is 11.7 Å². The lowest BCUT2D eigenvalue weighted by atomic mass is 10.1. The van der Waals surface area contributed by atoms with E-state index in [0.717, 1.165) is 5.56 Å². The summed E-state index contributed by atoms with van der Waals surface area (Å²) >= 11 is 0. The number of benzene rings is 3. The number of non-ortho nitro benzene ring substituents is 1. The summed E-state index contributed by atoms with van der Waals surface area (Å²) in [6, 6.07) is 12.5. The number of nitro groups is 1. The van der Waals surface area contributed by atoms with Crippen molar-refractivity contribution in [1.82, 2.24) is 0 Å². The molecule has 10 heteroatoms. The normalized spacial score (nSPS) is 10.9. The summed E-state index contributed by atoms with van der Waals surface area (Å²) in [5.41, 5.74) is 2.10. The Hall–Kier alpha value is -4.99. The van der Waals surface area contributed by atoms with Crippen LogP contribution in [0.1, 0.15) is 16.7 Å². The predicted molar refractivity (Wildman–Crippen MR) is 140 cm³/mol. The lowest BCUT2D eigenvalue weighted by Crippen LogP contribution is -2.08. The van der Waals surface area contributed by atoms with Crippen molar-refractivity contribution in [3.05, 3.63) is 81.4 Å². The Bertz CT molecular complexity index is 1320. The first-order valence-corrected chi connectivity index (χ1v) is 10.9. The molecule has 0 bridgehead atoms. The van der Waals surface area contributed by atoms with Crippen LogP contribution in [-0.4, -0.2) is 44.4 Å². The van der Waals surface area contributed by atoms with Crippen molar-refractivity contribution in [2.45, 2.75) is 0 Å². The van der Waals surface area contributed by atoms with Gasteiger partial charge in [-0.15, -0.1) is 0 Å². The molecule has 192 valence electrons. The zero-order valence-electron chi connectivity index (χ0n) is 20.7. The van der Waals surface area contributed by atoms with Crippen LogP contribution in [0.15, 0.2) is 54.6 Å². The molecule has 0 saturated carbocycles. The van der Waals surface area contributed by atoms with E-state index in [4.69, 9.17) is 18.9 Å². The number of hydrogen-bond donors (Lipinski definition) is 2. The fourth-order valence-corrected chi connectivity index (χ4v) is 3.42. The Kier molecular flexibility index (Phi) is 8.71. The minimum absolute atomic E-state index is 0.0463. The van der Waals surface area contributed by atoms with Gasteiger partial charge in [-0.05, 0) is 59.2 Å². The largest absolute Gasteiger partial charge is 0.503 e. The minimum Gasteiger partial charge on any atom is -0.503 e. The van der Waals surface area contributed by atoms with Crippen LogP contribution in [0.5, 0.6) is 28.7 Å². The van der Waals surface area contributed by atoms with Gasteiger partial charge in [0, 0.05) is 18.2 Å². The maximum Gasteiger partial charge on any atom is 0.269 e. The average molecular weight is 507 g/mol. The topological polar surface area (TPSA) is 129 Å². The third-order valence-electron chi connectivity index (χ3n) is 5.26. The van der Waals surface area contributed by atoms with Crippen LogP contribution in [0.3, 0.4) is 0 Å². The molecule has 0 fully saturated rings. The lowest BCUT2D eigenvalue weighted by molar-refractivity contribution is -0.384. The number of hydrogen-bond acceptors (Lipinski definition) is 8. The summed E-state index contributed by atoms with van der Waals surface area (Å²) < 4.78 is 21.4. The van der Waals surface area contributed by atoms with Gasteiger partial charge in [-0.3, -0.25) is 14.9 Å². The van der Waals surface area contributed by atoms with Crippen LogP contribution in [0, 0.1) is 10.1 Å². The van der Waals surface area contributed by atoms with Crippen molar-refractivity contribution in [2.75, 3.05) is 33.8 Å². The number of phenolic OH excluding ortho intramolecular Hbond substituents is 1. The number of ether oxygens (including phenoxy) is 4. The van der Waals surface area contributed by atoms with Crippen LogP contribution in [0.25, 0.3) is 18.2 Å². The number of nitrogens with one attached hydrogen (secondary N) is 1. The second-order valence-corrected chi connectivity index (χ2v) is 7.58. The Labute approximate surface area is 213 Å². The van der Waals surface area contributed by atoms with Gasteiger partial charge in [0.1, 0.15) is 0 Å². The van der Waals surface area contributed by atoms with E-state index in [1.165, 1.54) is 64.9 Å².